The highest BCUT2D eigenvalue weighted by atomic mass is 35.5. The maximum Gasteiger partial charge on any atom is 0.291 e. The van der Waals surface area contributed by atoms with Crippen molar-refractivity contribution < 1.29 is 13.9 Å². The molecule has 1 aromatic heterocycles. The predicted molar refractivity (Wildman–Crippen MR) is 97.3 cm³/mol. The molecule has 7 heteroatoms. The van der Waals surface area contributed by atoms with E-state index in [4.69, 9.17) is 9.47 Å². The van der Waals surface area contributed by atoms with E-state index in [1.165, 1.54) is 25.0 Å². The number of aromatic nitrogens is 2. The molecule has 136 valence electrons. The molecule has 2 bridgehead atoms. The first-order chi connectivity index (χ1) is 11.7. The number of rotatable bonds is 7. The van der Waals surface area contributed by atoms with Crippen molar-refractivity contribution in [1.82, 2.24) is 8.75 Å². The van der Waals surface area contributed by atoms with Crippen molar-refractivity contribution in [2.45, 2.75) is 50.5 Å². The smallest absolute Gasteiger partial charge is 0.291 e. The molecule has 2 aliphatic rings. The quantitative estimate of drug-likeness (QED) is 0.642. The first-order valence-electron chi connectivity index (χ1n) is 8.61. The Morgan fingerprint density at radius 3 is 2.52 bits per heavy atom. The molecule has 2 aromatic rings. The lowest BCUT2D eigenvalue weighted by atomic mass is 9.97. The third kappa shape index (κ3) is 4.23. The van der Waals surface area contributed by atoms with Crippen LogP contribution in [0, 0.1) is 11.7 Å². The summed E-state index contributed by atoms with van der Waals surface area (Å²) in [7, 11) is 0. The van der Waals surface area contributed by atoms with Gasteiger partial charge >= 0.3 is 0 Å². The number of fused-ring (bicyclic) bond motifs is 2. The van der Waals surface area contributed by atoms with E-state index < -0.39 is 0 Å². The second kappa shape index (κ2) is 7.87. The van der Waals surface area contributed by atoms with Gasteiger partial charge in [0.05, 0.1) is 18.3 Å². The molecule has 4 rings (SSSR count). The van der Waals surface area contributed by atoms with Crippen LogP contribution in [0.1, 0.15) is 44.1 Å². The average Bonchev–Trinajstić information content (AvgIpc) is 3.30. The zero-order valence-corrected chi connectivity index (χ0v) is 15.6. The van der Waals surface area contributed by atoms with Gasteiger partial charge in [-0.25, -0.2) is 4.39 Å². The van der Waals surface area contributed by atoms with E-state index in [9.17, 15) is 4.39 Å². The van der Waals surface area contributed by atoms with Crippen LogP contribution >= 0.6 is 24.1 Å². The number of hydrogen-bond acceptors (Lipinski definition) is 5. The molecule has 0 spiro atoms. The summed E-state index contributed by atoms with van der Waals surface area (Å²) in [5, 5.41) is 0. The summed E-state index contributed by atoms with van der Waals surface area (Å²) in [5.41, 5.74) is 1.09. The fourth-order valence-electron chi connectivity index (χ4n) is 3.91. The van der Waals surface area contributed by atoms with E-state index in [-0.39, 0.29) is 23.8 Å². The second-order valence-electron chi connectivity index (χ2n) is 6.89. The van der Waals surface area contributed by atoms with Crippen LogP contribution < -0.4 is 9.47 Å². The van der Waals surface area contributed by atoms with Crippen LogP contribution in [0.2, 0.25) is 0 Å². The molecule has 2 fully saturated rings. The number of hydrogen-bond donors (Lipinski definition) is 0. The van der Waals surface area contributed by atoms with Crippen molar-refractivity contribution in [2.75, 3.05) is 6.61 Å². The first kappa shape index (κ1) is 18.4. The largest absolute Gasteiger partial charge is 0.473 e. The van der Waals surface area contributed by atoms with E-state index in [0.717, 1.165) is 55.3 Å². The van der Waals surface area contributed by atoms with Crippen molar-refractivity contribution in [2.24, 2.45) is 5.92 Å². The molecule has 0 amide bonds. The fraction of sp³-hybridized carbons (Fsp3) is 0.556. The lowest BCUT2D eigenvalue weighted by Gasteiger charge is -2.26. The molecule has 1 aromatic carbocycles. The van der Waals surface area contributed by atoms with Gasteiger partial charge in [0.15, 0.2) is 0 Å². The molecule has 0 radical (unpaired) electrons. The van der Waals surface area contributed by atoms with Crippen LogP contribution in [0.5, 0.6) is 11.8 Å². The minimum absolute atomic E-state index is 0. The van der Waals surface area contributed by atoms with Crippen molar-refractivity contribution in [1.29, 1.82) is 0 Å². The van der Waals surface area contributed by atoms with Gasteiger partial charge in [-0.05, 0) is 68.6 Å². The summed E-state index contributed by atoms with van der Waals surface area (Å²) in [6.07, 6.45) is 7.62. The molecule has 2 saturated carbocycles. The number of benzene rings is 1. The lowest BCUT2D eigenvalue weighted by molar-refractivity contribution is 0.0705. The molecule has 25 heavy (non-hydrogen) atoms. The predicted octanol–water partition coefficient (Wildman–Crippen LogP) is 4.82. The van der Waals surface area contributed by atoms with E-state index >= 15 is 0 Å². The Balaban J connectivity index is 0.00000182. The summed E-state index contributed by atoms with van der Waals surface area (Å²) >= 11 is 1.14. The van der Waals surface area contributed by atoms with Gasteiger partial charge in [-0.2, -0.15) is 0 Å². The highest BCUT2D eigenvalue weighted by Gasteiger charge is 2.47. The fourth-order valence-corrected chi connectivity index (χ4v) is 4.34. The van der Waals surface area contributed by atoms with E-state index in [0.29, 0.717) is 18.4 Å². The van der Waals surface area contributed by atoms with Gasteiger partial charge in [0.25, 0.3) is 11.8 Å². The van der Waals surface area contributed by atoms with Crippen LogP contribution in [-0.4, -0.2) is 21.0 Å². The van der Waals surface area contributed by atoms with Crippen LogP contribution in [-0.2, 0) is 6.42 Å². The minimum Gasteiger partial charge on any atom is -0.473 e. The summed E-state index contributed by atoms with van der Waals surface area (Å²) in [6, 6.07) is 6.60. The number of aryl methyl sites for hydroxylation is 1. The standard InChI is InChI=1S/C18H21FN2O2S.ClH/c19-15-5-3-13(4-6-15)2-1-11-22-16-17(21-24-20-16)23-18-9-7-14(12-18)8-10-18;/h3-6,14H,1-2,7-12H2;1H/t14-,18+;. The number of halogens is 2. The van der Waals surface area contributed by atoms with Crippen molar-refractivity contribution in [3.8, 4) is 11.8 Å². The highest BCUT2D eigenvalue weighted by Crippen LogP contribution is 2.50. The van der Waals surface area contributed by atoms with E-state index in [2.05, 4.69) is 8.75 Å². The van der Waals surface area contributed by atoms with Gasteiger partial charge in [0, 0.05) is 0 Å². The average molecular weight is 385 g/mol. The zero-order chi connectivity index (χ0) is 16.4. The van der Waals surface area contributed by atoms with Gasteiger partial charge in [0.2, 0.25) is 0 Å². The first-order valence-corrected chi connectivity index (χ1v) is 9.34. The molecule has 0 unspecified atom stereocenters. The van der Waals surface area contributed by atoms with Gasteiger partial charge in [-0.15, -0.1) is 21.2 Å². The Bertz CT molecular complexity index is 687. The van der Waals surface area contributed by atoms with Crippen LogP contribution in [0.15, 0.2) is 24.3 Å². The number of nitrogens with zero attached hydrogens (tertiary/aromatic N) is 2. The summed E-state index contributed by atoms with van der Waals surface area (Å²) in [4.78, 5) is 0. The molecule has 0 saturated heterocycles. The monoisotopic (exact) mass is 384 g/mol. The van der Waals surface area contributed by atoms with Crippen LogP contribution in [0.4, 0.5) is 4.39 Å². The Morgan fingerprint density at radius 2 is 1.84 bits per heavy atom. The molecule has 2 aliphatic carbocycles. The van der Waals surface area contributed by atoms with Gasteiger partial charge < -0.3 is 9.47 Å². The Morgan fingerprint density at radius 1 is 1.12 bits per heavy atom. The van der Waals surface area contributed by atoms with Crippen molar-refractivity contribution >= 4 is 24.1 Å². The molecule has 0 aliphatic heterocycles. The topological polar surface area (TPSA) is 44.2 Å². The summed E-state index contributed by atoms with van der Waals surface area (Å²) < 4.78 is 33.4. The maximum atomic E-state index is 12.9. The van der Waals surface area contributed by atoms with Gasteiger partial charge in [-0.1, -0.05) is 12.1 Å². The third-order valence-electron chi connectivity index (χ3n) is 5.18. The normalized spacial score (nSPS) is 24.1. The van der Waals surface area contributed by atoms with Gasteiger partial charge in [0.1, 0.15) is 11.4 Å². The summed E-state index contributed by atoms with van der Waals surface area (Å²) in [6.45, 7) is 0.550. The second-order valence-corrected chi connectivity index (χ2v) is 7.41. The minimum atomic E-state index is -0.203. The molecule has 0 N–H and O–H groups in total. The number of ether oxygens (including phenoxy) is 2. The van der Waals surface area contributed by atoms with Crippen molar-refractivity contribution in [3.05, 3.63) is 35.6 Å². The Labute approximate surface area is 157 Å². The molecular weight excluding hydrogens is 363 g/mol. The van der Waals surface area contributed by atoms with E-state index in [1.807, 2.05) is 12.1 Å². The Hall–Kier alpha value is -1.40. The molecule has 1 heterocycles. The lowest BCUT2D eigenvalue weighted by Crippen LogP contribution is -2.30. The zero-order valence-electron chi connectivity index (χ0n) is 13.9. The van der Waals surface area contributed by atoms with E-state index in [1.54, 1.807) is 0 Å². The molecular formula is C18H22ClFN2O2S. The van der Waals surface area contributed by atoms with Crippen molar-refractivity contribution in [3.63, 3.8) is 0 Å². The Kier molecular flexibility index (Phi) is 5.79. The van der Waals surface area contributed by atoms with Crippen LogP contribution in [0.25, 0.3) is 0 Å². The van der Waals surface area contributed by atoms with Crippen LogP contribution in [0.3, 0.4) is 0 Å². The third-order valence-corrected chi connectivity index (χ3v) is 5.68. The molecule has 0 atom stereocenters. The molecule has 4 nitrogen and oxygen atoms in total. The van der Waals surface area contributed by atoms with Gasteiger partial charge in [-0.3, -0.25) is 0 Å². The summed E-state index contributed by atoms with van der Waals surface area (Å²) in [5.74, 6) is 1.70. The highest BCUT2D eigenvalue weighted by molar-refractivity contribution is 6.99. The maximum absolute atomic E-state index is 12.9. The SMILES string of the molecule is Cl.Fc1ccc(CCCOc2nsnc2O[C@]23CC[C@@H](CC2)C3)cc1.